The molecule has 0 radical (unpaired) electrons. The molecule has 20 heavy (non-hydrogen) atoms. The first kappa shape index (κ1) is 13.9. The number of ether oxygens (including phenoxy) is 3. The molecule has 1 atom stereocenters. The lowest BCUT2D eigenvalue weighted by Gasteiger charge is -2.26. The van der Waals surface area contributed by atoms with Crippen LogP contribution in [-0.2, 0) is 9.47 Å². The van der Waals surface area contributed by atoms with Crippen molar-refractivity contribution in [3.63, 3.8) is 0 Å². The van der Waals surface area contributed by atoms with Crippen LogP contribution in [0.5, 0.6) is 5.75 Å². The van der Waals surface area contributed by atoms with Gasteiger partial charge in [-0.2, -0.15) is 0 Å². The number of hydrogen-bond donors (Lipinski definition) is 0. The van der Waals surface area contributed by atoms with Crippen molar-refractivity contribution in [2.24, 2.45) is 0 Å². The van der Waals surface area contributed by atoms with Crippen molar-refractivity contribution >= 4 is 0 Å². The summed E-state index contributed by atoms with van der Waals surface area (Å²) in [6.45, 7) is 3.68. The molecule has 1 aromatic carbocycles. The molecule has 110 valence electrons. The van der Waals surface area contributed by atoms with E-state index in [4.69, 9.17) is 14.2 Å². The van der Waals surface area contributed by atoms with Gasteiger partial charge in [-0.15, -0.1) is 0 Å². The van der Waals surface area contributed by atoms with Crippen LogP contribution < -0.4 is 4.74 Å². The van der Waals surface area contributed by atoms with E-state index in [-0.39, 0.29) is 6.29 Å². The van der Waals surface area contributed by atoms with E-state index >= 15 is 0 Å². The Morgan fingerprint density at radius 2 is 2.15 bits per heavy atom. The van der Waals surface area contributed by atoms with E-state index in [1.165, 1.54) is 18.4 Å². The van der Waals surface area contributed by atoms with Crippen molar-refractivity contribution in [3.05, 3.63) is 29.8 Å². The first-order valence-corrected chi connectivity index (χ1v) is 7.48. The molecule has 2 aliphatic heterocycles. The minimum absolute atomic E-state index is 0.00144. The number of nitrogens with zero attached hydrogens (tertiary/aromatic N) is 1. The zero-order valence-corrected chi connectivity index (χ0v) is 12.1. The van der Waals surface area contributed by atoms with Gasteiger partial charge in [0.25, 0.3) is 0 Å². The van der Waals surface area contributed by atoms with Crippen LogP contribution in [0.3, 0.4) is 0 Å². The normalized spacial score (nSPS) is 24.4. The molecule has 3 rings (SSSR count). The molecule has 2 saturated heterocycles. The highest BCUT2D eigenvalue weighted by atomic mass is 16.7. The molecule has 0 amide bonds. The topological polar surface area (TPSA) is 30.9 Å². The fraction of sp³-hybridized carbons (Fsp3) is 0.625. The van der Waals surface area contributed by atoms with Crippen LogP contribution in [0.1, 0.15) is 30.9 Å². The van der Waals surface area contributed by atoms with Gasteiger partial charge in [0.1, 0.15) is 5.75 Å². The molecular weight excluding hydrogens is 254 g/mol. The molecule has 0 aliphatic carbocycles. The minimum atomic E-state index is 0.00144. The molecule has 2 heterocycles. The molecular formula is C16H23NO3. The SMILES string of the molecule is COc1cccc([C@H]2CCCN2CCC2OCCO2)c1. The molecule has 2 aliphatic rings. The summed E-state index contributed by atoms with van der Waals surface area (Å²) < 4.78 is 16.4. The highest BCUT2D eigenvalue weighted by Crippen LogP contribution is 2.33. The molecule has 0 bridgehead atoms. The molecule has 2 fully saturated rings. The van der Waals surface area contributed by atoms with E-state index in [2.05, 4.69) is 23.1 Å². The lowest BCUT2D eigenvalue weighted by molar-refractivity contribution is -0.0521. The Morgan fingerprint density at radius 1 is 1.30 bits per heavy atom. The second-order valence-electron chi connectivity index (χ2n) is 5.43. The van der Waals surface area contributed by atoms with E-state index in [9.17, 15) is 0 Å². The predicted molar refractivity (Wildman–Crippen MR) is 76.9 cm³/mol. The second kappa shape index (κ2) is 6.57. The van der Waals surface area contributed by atoms with Crippen molar-refractivity contribution in [2.75, 3.05) is 33.4 Å². The van der Waals surface area contributed by atoms with Gasteiger partial charge in [0.2, 0.25) is 0 Å². The molecule has 4 heteroatoms. The van der Waals surface area contributed by atoms with Crippen LogP contribution >= 0.6 is 0 Å². The fourth-order valence-corrected chi connectivity index (χ4v) is 3.17. The van der Waals surface area contributed by atoms with Gasteiger partial charge in [0.15, 0.2) is 6.29 Å². The van der Waals surface area contributed by atoms with Crippen LogP contribution in [0, 0.1) is 0 Å². The first-order chi connectivity index (χ1) is 9.86. The molecule has 1 aromatic rings. The summed E-state index contributed by atoms with van der Waals surface area (Å²) in [5, 5.41) is 0. The van der Waals surface area contributed by atoms with Gasteiger partial charge < -0.3 is 14.2 Å². The monoisotopic (exact) mass is 277 g/mol. The third kappa shape index (κ3) is 3.14. The van der Waals surface area contributed by atoms with Crippen LogP contribution in [-0.4, -0.2) is 44.6 Å². The van der Waals surface area contributed by atoms with Gasteiger partial charge in [0, 0.05) is 19.0 Å². The Labute approximate surface area is 120 Å². The zero-order chi connectivity index (χ0) is 13.8. The van der Waals surface area contributed by atoms with Crippen LogP contribution in [0.25, 0.3) is 0 Å². The number of rotatable bonds is 5. The maximum atomic E-state index is 5.52. The first-order valence-electron chi connectivity index (χ1n) is 7.48. The Morgan fingerprint density at radius 3 is 2.95 bits per heavy atom. The summed E-state index contributed by atoms with van der Waals surface area (Å²) in [6.07, 6.45) is 3.44. The van der Waals surface area contributed by atoms with E-state index in [0.717, 1.165) is 38.5 Å². The quantitative estimate of drug-likeness (QED) is 0.828. The minimum Gasteiger partial charge on any atom is -0.497 e. The summed E-state index contributed by atoms with van der Waals surface area (Å²) in [5.74, 6) is 0.941. The number of hydrogen-bond acceptors (Lipinski definition) is 4. The van der Waals surface area contributed by atoms with Crippen molar-refractivity contribution in [1.29, 1.82) is 0 Å². The maximum Gasteiger partial charge on any atom is 0.159 e. The Bertz CT molecular complexity index is 431. The third-order valence-corrected chi connectivity index (χ3v) is 4.19. The summed E-state index contributed by atoms with van der Waals surface area (Å²) in [7, 11) is 1.72. The molecule has 4 nitrogen and oxygen atoms in total. The summed E-state index contributed by atoms with van der Waals surface area (Å²) in [5.41, 5.74) is 1.36. The van der Waals surface area contributed by atoms with Crippen LogP contribution in [0.2, 0.25) is 0 Å². The fourth-order valence-electron chi connectivity index (χ4n) is 3.17. The zero-order valence-electron chi connectivity index (χ0n) is 12.1. The second-order valence-corrected chi connectivity index (χ2v) is 5.43. The lowest BCUT2D eigenvalue weighted by Crippen LogP contribution is -2.27. The van der Waals surface area contributed by atoms with Gasteiger partial charge in [-0.25, -0.2) is 0 Å². The molecule has 0 N–H and O–H groups in total. The smallest absolute Gasteiger partial charge is 0.159 e. The maximum absolute atomic E-state index is 5.52. The molecule has 0 unspecified atom stereocenters. The van der Waals surface area contributed by atoms with Crippen molar-refractivity contribution < 1.29 is 14.2 Å². The van der Waals surface area contributed by atoms with Crippen molar-refractivity contribution in [1.82, 2.24) is 4.90 Å². The van der Waals surface area contributed by atoms with E-state index in [1.54, 1.807) is 7.11 Å². The Balaban J connectivity index is 1.61. The van der Waals surface area contributed by atoms with E-state index in [0.29, 0.717) is 6.04 Å². The average molecular weight is 277 g/mol. The highest BCUT2D eigenvalue weighted by Gasteiger charge is 2.27. The largest absolute Gasteiger partial charge is 0.497 e. The lowest BCUT2D eigenvalue weighted by atomic mass is 10.0. The van der Waals surface area contributed by atoms with E-state index in [1.807, 2.05) is 6.07 Å². The van der Waals surface area contributed by atoms with Gasteiger partial charge in [0.05, 0.1) is 20.3 Å². The molecule has 0 saturated carbocycles. The summed E-state index contributed by atoms with van der Waals surface area (Å²) in [6, 6.07) is 8.95. The summed E-state index contributed by atoms with van der Waals surface area (Å²) >= 11 is 0. The number of likely N-dealkylation sites (tertiary alicyclic amines) is 1. The van der Waals surface area contributed by atoms with Crippen molar-refractivity contribution in [2.45, 2.75) is 31.6 Å². The number of methoxy groups -OCH3 is 1. The van der Waals surface area contributed by atoms with Crippen molar-refractivity contribution in [3.8, 4) is 5.75 Å². The molecule has 0 spiro atoms. The third-order valence-electron chi connectivity index (χ3n) is 4.19. The van der Waals surface area contributed by atoms with Gasteiger partial charge >= 0.3 is 0 Å². The molecule has 0 aromatic heterocycles. The predicted octanol–water partition coefficient (Wildman–Crippen LogP) is 2.60. The van der Waals surface area contributed by atoms with Crippen LogP contribution in [0.4, 0.5) is 0 Å². The van der Waals surface area contributed by atoms with Gasteiger partial charge in [-0.1, -0.05) is 12.1 Å². The van der Waals surface area contributed by atoms with Gasteiger partial charge in [-0.3, -0.25) is 4.90 Å². The summed E-state index contributed by atoms with van der Waals surface area (Å²) in [4.78, 5) is 2.54. The highest BCUT2D eigenvalue weighted by molar-refractivity contribution is 5.31. The Kier molecular flexibility index (Phi) is 4.55. The van der Waals surface area contributed by atoms with Gasteiger partial charge in [-0.05, 0) is 37.1 Å². The average Bonchev–Trinajstić information content (AvgIpc) is 3.16. The van der Waals surface area contributed by atoms with E-state index < -0.39 is 0 Å². The standard InChI is InChI=1S/C16H23NO3/c1-18-14-5-2-4-13(12-14)15-6-3-8-17(15)9-7-16-19-10-11-20-16/h2,4-5,12,15-16H,3,6-11H2,1H3/t15-/m1/s1. The van der Waals surface area contributed by atoms with Crippen LogP contribution in [0.15, 0.2) is 24.3 Å². The Hall–Kier alpha value is -1.10. The number of benzene rings is 1.